The van der Waals surface area contributed by atoms with Crippen molar-refractivity contribution in [1.29, 1.82) is 0 Å². The summed E-state index contributed by atoms with van der Waals surface area (Å²) >= 11 is 0. The van der Waals surface area contributed by atoms with Gasteiger partial charge in [-0.15, -0.1) is 0 Å². The van der Waals surface area contributed by atoms with E-state index in [9.17, 15) is 5.11 Å². The Morgan fingerprint density at radius 2 is 2.05 bits per heavy atom. The van der Waals surface area contributed by atoms with Gasteiger partial charge in [0.15, 0.2) is 5.65 Å². The molecular weight excluding hydrogens is 242 g/mol. The molecule has 0 aliphatic heterocycles. The minimum atomic E-state index is -0.238. The average molecular weight is 255 g/mol. The van der Waals surface area contributed by atoms with Crippen LogP contribution in [0.15, 0.2) is 42.9 Å². The zero-order valence-corrected chi connectivity index (χ0v) is 10.1. The summed E-state index contributed by atoms with van der Waals surface area (Å²) in [5.41, 5.74) is 2.36. The van der Waals surface area contributed by atoms with Crippen molar-refractivity contribution < 1.29 is 5.11 Å². The summed E-state index contributed by atoms with van der Waals surface area (Å²) in [6.07, 6.45) is 3.24. The lowest BCUT2D eigenvalue weighted by Crippen LogP contribution is -2.16. The average Bonchev–Trinajstić information content (AvgIpc) is 2.93. The molecule has 0 spiro atoms. The van der Waals surface area contributed by atoms with E-state index >= 15 is 0 Å². The maximum absolute atomic E-state index is 9.47. The molecule has 0 saturated carbocycles. The molecule has 0 bridgehead atoms. The SMILES string of the molecule is OCC(Nc1ncc2[nH]cnc2n1)c1ccccc1. The third-order valence-corrected chi connectivity index (χ3v) is 2.86. The molecule has 1 unspecified atom stereocenters. The summed E-state index contributed by atoms with van der Waals surface area (Å²) in [5.74, 6) is 0.447. The number of hydrogen-bond donors (Lipinski definition) is 3. The second-order valence-corrected chi connectivity index (χ2v) is 4.12. The number of aromatic amines is 1. The van der Waals surface area contributed by atoms with Crippen LogP contribution in [0.5, 0.6) is 0 Å². The maximum atomic E-state index is 9.47. The van der Waals surface area contributed by atoms with Crippen LogP contribution >= 0.6 is 0 Å². The fourth-order valence-electron chi connectivity index (χ4n) is 1.88. The van der Waals surface area contributed by atoms with Crippen molar-refractivity contribution >= 4 is 17.1 Å². The van der Waals surface area contributed by atoms with Crippen molar-refractivity contribution in [2.45, 2.75) is 6.04 Å². The highest BCUT2D eigenvalue weighted by molar-refractivity contribution is 5.69. The Morgan fingerprint density at radius 1 is 1.21 bits per heavy atom. The fourth-order valence-corrected chi connectivity index (χ4v) is 1.88. The van der Waals surface area contributed by atoms with E-state index in [1.807, 2.05) is 30.3 Å². The summed E-state index contributed by atoms with van der Waals surface area (Å²) in [4.78, 5) is 15.5. The lowest BCUT2D eigenvalue weighted by atomic mass is 10.1. The normalized spacial score (nSPS) is 12.5. The minimum absolute atomic E-state index is 0.0357. The zero-order chi connectivity index (χ0) is 13.1. The topological polar surface area (TPSA) is 86.7 Å². The Labute approximate surface area is 109 Å². The number of anilines is 1. The van der Waals surface area contributed by atoms with E-state index in [2.05, 4.69) is 25.3 Å². The largest absolute Gasteiger partial charge is 0.394 e. The van der Waals surface area contributed by atoms with Gasteiger partial charge in [0.1, 0.15) is 5.52 Å². The van der Waals surface area contributed by atoms with Crippen molar-refractivity contribution in [2.75, 3.05) is 11.9 Å². The number of nitrogens with one attached hydrogen (secondary N) is 2. The Kier molecular flexibility index (Phi) is 3.07. The standard InChI is InChI=1S/C13H13N5O/c19-7-11(9-4-2-1-3-5-9)17-13-14-6-10-12(18-13)16-8-15-10/h1-6,8,11,19H,7H2,(H2,14,15,16,17,18). The van der Waals surface area contributed by atoms with Crippen LogP contribution in [0.2, 0.25) is 0 Å². The first-order chi connectivity index (χ1) is 9.36. The third kappa shape index (κ3) is 2.38. The lowest BCUT2D eigenvalue weighted by Gasteiger charge is -2.16. The fraction of sp³-hybridized carbons (Fsp3) is 0.154. The van der Waals surface area contributed by atoms with Crippen LogP contribution in [0.3, 0.4) is 0 Å². The number of aliphatic hydroxyl groups is 1. The highest BCUT2D eigenvalue weighted by Crippen LogP contribution is 2.17. The van der Waals surface area contributed by atoms with E-state index in [-0.39, 0.29) is 12.6 Å². The van der Waals surface area contributed by atoms with Gasteiger partial charge in [0.2, 0.25) is 5.95 Å². The van der Waals surface area contributed by atoms with Crippen molar-refractivity contribution in [2.24, 2.45) is 0 Å². The second kappa shape index (κ2) is 5.03. The van der Waals surface area contributed by atoms with E-state index in [1.165, 1.54) is 0 Å². The number of imidazole rings is 1. The highest BCUT2D eigenvalue weighted by atomic mass is 16.3. The molecule has 0 aliphatic rings. The number of rotatable bonds is 4. The van der Waals surface area contributed by atoms with E-state index in [0.717, 1.165) is 11.1 Å². The van der Waals surface area contributed by atoms with Crippen LogP contribution in [0.4, 0.5) is 5.95 Å². The molecule has 0 radical (unpaired) electrons. The van der Waals surface area contributed by atoms with E-state index in [0.29, 0.717) is 11.6 Å². The predicted octanol–water partition coefficient (Wildman–Crippen LogP) is 1.50. The van der Waals surface area contributed by atoms with Crippen LogP contribution in [-0.4, -0.2) is 31.6 Å². The number of H-pyrrole nitrogens is 1. The summed E-state index contributed by atoms with van der Waals surface area (Å²) in [6.45, 7) is -0.0357. The first-order valence-electron chi connectivity index (χ1n) is 5.95. The van der Waals surface area contributed by atoms with Crippen LogP contribution in [-0.2, 0) is 0 Å². The van der Waals surface area contributed by atoms with Gasteiger partial charge in [0.25, 0.3) is 0 Å². The number of benzene rings is 1. The summed E-state index contributed by atoms with van der Waals surface area (Å²) < 4.78 is 0. The lowest BCUT2D eigenvalue weighted by molar-refractivity contribution is 0.276. The number of nitrogens with zero attached hydrogens (tertiary/aromatic N) is 3. The van der Waals surface area contributed by atoms with Gasteiger partial charge in [-0.2, -0.15) is 4.98 Å². The van der Waals surface area contributed by atoms with E-state index < -0.39 is 0 Å². The smallest absolute Gasteiger partial charge is 0.225 e. The van der Waals surface area contributed by atoms with Gasteiger partial charge in [-0.3, -0.25) is 0 Å². The van der Waals surface area contributed by atoms with Gasteiger partial charge in [-0.1, -0.05) is 30.3 Å². The second-order valence-electron chi connectivity index (χ2n) is 4.12. The first-order valence-corrected chi connectivity index (χ1v) is 5.95. The van der Waals surface area contributed by atoms with E-state index in [1.54, 1.807) is 12.5 Å². The van der Waals surface area contributed by atoms with Gasteiger partial charge in [-0.25, -0.2) is 9.97 Å². The molecule has 2 heterocycles. The van der Waals surface area contributed by atoms with Gasteiger partial charge in [-0.05, 0) is 5.56 Å². The number of hydrogen-bond acceptors (Lipinski definition) is 5. The van der Waals surface area contributed by atoms with Gasteiger partial charge in [0.05, 0.1) is 25.2 Å². The quantitative estimate of drug-likeness (QED) is 0.657. The molecule has 1 aromatic carbocycles. The molecule has 0 fully saturated rings. The number of aromatic nitrogens is 4. The van der Waals surface area contributed by atoms with Gasteiger partial charge >= 0.3 is 0 Å². The van der Waals surface area contributed by atoms with Crippen LogP contribution < -0.4 is 5.32 Å². The first kappa shape index (κ1) is 11.6. The molecule has 6 heteroatoms. The third-order valence-electron chi connectivity index (χ3n) is 2.86. The maximum Gasteiger partial charge on any atom is 0.225 e. The Hall–Kier alpha value is -2.47. The summed E-state index contributed by atoms with van der Waals surface area (Å²) in [6, 6.07) is 9.44. The number of aliphatic hydroxyl groups excluding tert-OH is 1. The van der Waals surface area contributed by atoms with E-state index in [4.69, 9.17) is 0 Å². The Bertz CT molecular complexity index is 667. The monoisotopic (exact) mass is 255 g/mol. The van der Waals surface area contributed by atoms with Gasteiger partial charge < -0.3 is 15.4 Å². The molecule has 6 nitrogen and oxygen atoms in total. The molecule has 96 valence electrons. The minimum Gasteiger partial charge on any atom is -0.394 e. The Balaban J connectivity index is 1.86. The van der Waals surface area contributed by atoms with Crippen LogP contribution in [0, 0.1) is 0 Å². The summed E-state index contributed by atoms with van der Waals surface area (Å²) in [5, 5.41) is 12.6. The van der Waals surface area contributed by atoms with Crippen LogP contribution in [0.1, 0.15) is 11.6 Å². The summed E-state index contributed by atoms with van der Waals surface area (Å²) in [7, 11) is 0. The predicted molar refractivity (Wildman–Crippen MR) is 71.6 cm³/mol. The molecule has 0 saturated heterocycles. The molecule has 3 aromatic rings. The molecule has 0 aliphatic carbocycles. The van der Waals surface area contributed by atoms with Gasteiger partial charge in [0, 0.05) is 0 Å². The van der Waals surface area contributed by atoms with Crippen molar-refractivity contribution in [3.8, 4) is 0 Å². The molecule has 1 atom stereocenters. The zero-order valence-electron chi connectivity index (χ0n) is 10.1. The molecule has 0 amide bonds. The van der Waals surface area contributed by atoms with Crippen LogP contribution in [0.25, 0.3) is 11.2 Å². The van der Waals surface area contributed by atoms with Crippen molar-refractivity contribution in [3.05, 3.63) is 48.4 Å². The molecular formula is C13H13N5O. The Morgan fingerprint density at radius 3 is 2.84 bits per heavy atom. The number of fused-ring (bicyclic) bond motifs is 1. The van der Waals surface area contributed by atoms with Crippen molar-refractivity contribution in [1.82, 2.24) is 19.9 Å². The molecule has 3 N–H and O–H groups in total. The highest BCUT2D eigenvalue weighted by Gasteiger charge is 2.11. The van der Waals surface area contributed by atoms with Crippen molar-refractivity contribution in [3.63, 3.8) is 0 Å². The molecule has 19 heavy (non-hydrogen) atoms. The molecule has 3 rings (SSSR count). The molecule has 2 aromatic heterocycles.